The fourth-order valence-corrected chi connectivity index (χ4v) is 3.45. The number of rotatable bonds is 4. The van der Waals surface area contributed by atoms with Crippen molar-refractivity contribution in [3.05, 3.63) is 53.3 Å². The van der Waals surface area contributed by atoms with E-state index in [0.29, 0.717) is 6.54 Å². The van der Waals surface area contributed by atoms with Crippen LogP contribution in [-0.4, -0.2) is 21.4 Å². The van der Waals surface area contributed by atoms with Crippen LogP contribution in [0, 0.1) is 0 Å². The van der Waals surface area contributed by atoms with E-state index in [1.54, 1.807) is 6.20 Å². The number of aryl methyl sites for hydroxylation is 2. The molecule has 4 heteroatoms. The van der Waals surface area contributed by atoms with Crippen LogP contribution in [0.2, 0.25) is 0 Å². The minimum atomic E-state index is -0.612. The van der Waals surface area contributed by atoms with Crippen LogP contribution in [0.4, 0.5) is 0 Å². The van der Waals surface area contributed by atoms with Crippen molar-refractivity contribution in [3.63, 3.8) is 0 Å². The Morgan fingerprint density at radius 1 is 1.40 bits per heavy atom. The van der Waals surface area contributed by atoms with E-state index in [-0.39, 0.29) is 5.41 Å². The van der Waals surface area contributed by atoms with Gasteiger partial charge in [0.15, 0.2) is 0 Å². The first-order valence-corrected chi connectivity index (χ1v) is 7.21. The van der Waals surface area contributed by atoms with Gasteiger partial charge in [0.05, 0.1) is 5.69 Å². The molecule has 1 aliphatic carbocycles. The Morgan fingerprint density at radius 3 is 2.95 bits per heavy atom. The van der Waals surface area contributed by atoms with Gasteiger partial charge in [-0.3, -0.25) is 4.68 Å². The van der Waals surface area contributed by atoms with E-state index in [4.69, 9.17) is 5.73 Å². The molecule has 1 aromatic carbocycles. The lowest BCUT2D eigenvalue weighted by Crippen LogP contribution is -2.40. The van der Waals surface area contributed by atoms with Gasteiger partial charge < -0.3 is 10.8 Å². The molecular weight excluding hydrogens is 250 g/mol. The van der Waals surface area contributed by atoms with Crippen molar-refractivity contribution in [3.8, 4) is 0 Å². The molecule has 1 aromatic heterocycles. The molecule has 106 valence electrons. The van der Waals surface area contributed by atoms with Gasteiger partial charge in [0.1, 0.15) is 6.10 Å². The Hall–Kier alpha value is -1.65. The van der Waals surface area contributed by atoms with Crippen molar-refractivity contribution in [1.82, 2.24) is 9.78 Å². The fraction of sp³-hybridized carbons (Fsp3) is 0.438. The third kappa shape index (κ3) is 1.79. The highest BCUT2D eigenvalue weighted by atomic mass is 16.3. The van der Waals surface area contributed by atoms with E-state index in [2.05, 4.69) is 17.2 Å². The zero-order valence-corrected chi connectivity index (χ0v) is 11.8. The Bertz CT molecular complexity index is 607. The van der Waals surface area contributed by atoms with E-state index >= 15 is 0 Å². The zero-order valence-electron chi connectivity index (χ0n) is 11.8. The second-order valence-electron chi connectivity index (χ2n) is 5.49. The number of nitrogens with two attached hydrogens (primary N) is 1. The normalized spacial score (nSPS) is 22.8. The molecule has 20 heavy (non-hydrogen) atoms. The summed E-state index contributed by atoms with van der Waals surface area (Å²) in [5, 5.41) is 15.2. The molecule has 0 saturated carbocycles. The molecule has 0 aliphatic heterocycles. The van der Waals surface area contributed by atoms with Crippen LogP contribution in [0.1, 0.15) is 36.3 Å². The Labute approximate surface area is 119 Å². The maximum atomic E-state index is 11.0. The van der Waals surface area contributed by atoms with E-state index in [9.17, 15) is 5.11 Å². The molecule has 0 amide bonds. The fourth-order valence-electron chi connectivity index (χ4n) is 3.45. The molecule has 3 N–H and O–H groups in total. The second kappa shape index (κ2) is 5.04. The van der Waals surface area contributed by atoms with Crippen LogP contribution < -0.4 is 5.73 Å². The van der Waals surface area contributed by atoms with Crippen LogP contribution in [0.15, 0.2) is 36.5 Å². The average molecular weight is 271 g/mol. The quantitative estimate of drug-likeness (QED) is 0.891. The first-order chi connectivity index (χ1) is 9.73. The minimum Gasteiger partial charge on any atom is -0.386 e. The van der Waals surface area contributed by atoms with Gasteiger partial charge in [0, 0.05) is 24.7 Å². The van der Waals surface area contributed by atoms with E-state index < -0.39 is 6.10 Å². The number of nitrogens with zero attached hydrogens (tertiary/aromatic N) is 2. The molecular formula is C16H21N3O. The summed E-state index contributed by atoms with van der Waals surface area (Å²) in [5.41, 5.74) is 9.06. The number of aromatic nitrogens is 2. The summed E-state index contributed by atoms with van der Waals surface area (Å²) in [6, 6.07) is 10.2. The highest BCUT2D eigenvalue weighted by Gasteiger charge is 2.45. The van der Waals surface area contributed by atoms with Crippen molar-refractivity contribution < 1.29 is 5.11 Å². The van der Waals surface area contributed by atoms with Crippen molar-refractivity contribution in [2.24, 2.45) is 5.73 Å². The lowest BCUT2D eigenvalue weighted by atomic mass is 9.75. The highest BCUT2D eigenvalue weighted by molar-refractivity contribution is 5.42. The van der Waals surface area contributed by atoms with Gasteiger partial charge in [0.2, 0.25) is 0 Å². The van der Waals surface area contributed by atoms with Crippen LogP contribution in [0.3, 0.4) is 0 Å². The summed E-state index contributed by atoms with van der Waals surface area (Å²) in [5.74, 6) is 0. The van der Waals surface area contributed by atoms with E-state index in [1.165, 1.54) is 11.1 Å². The van der Waals surface area contributed by atoms with Gasteiger partial charge in [-0.25, -0.2) is 0 Å². The third-order valence-corrected chi connectivity index (χ3v) is 4.61. The molecule has 1 aliphatic rings. The Morgan fingerprint density at radius 2 is 2.20 bits per heavy atom. The average Bonchev–Trinajstić information content (AvgIpc) is 3.11. The highest BCUT2D eigenvalue weighted by Crippen LogP contribution is 2.46. The van der Waals surface area contributed by atoms with Gasteiger partial charge in [-0.1, -0.05) is 24.3 Å². The van der Waals surface area contributed by atoms with Gasteiger partial charge >= 0.3 is 0 Å². The second-order valence-corrected chi connectivity index (χ2v) is 5.49. The van der Waals surface area contributed by atoms with Crippen molar-refractivity contribution in [1.29, 1.82) is 0 Å². The predicted molar refractivity (Wildman–Crippen MR) is 78.4 cm³/mol. The molecule has 0 bridgehead atoms. The SMILES string of the molecule is CCn1nccc1C(O)C1(CN)CCc2ccccc21. The number of hydrogen-bond donors (Lipinski definition) is 2. The topological polar surface area (TPSA) is 64.1 Å². The summed E-state index contributed by atoms with van der Waals surface area (Å²) in [6.45, 7) is 3.22. The molecule has 0 radical (unpaired) electrons. The number of aliphatic hydroxyl groups is 1. The van der Waals surface area contributed by atoms with E-state index in [1.807, 2.05) is 29.8 Å². The summed E-state index contributed by atoms with van der Waals surface area (Å²) in [6.07, 6.45) is 3.00. The van der Waals surface area contributed by atoms with Gasteiger partial charge in [-0.2, -0.15) is 5.10 Å². The number of aliphatic hydroxyl groups excluding tert-OH is 1. The lowest BCUT2D eigenvalue weighted by Gasteiger charge is -2.34. The largest absolute Gasteiger partial charge is 0.386 e. The molecule has 0 spiro atoms. The minimum absolute atomic E-state index is 0.385. The number of hydrogen-bond acceptors (Lipinski definition) is 3. The van der Waals surface area contributed by atoms with Crippen molar-refractivity contribution in [2.75, 3.05) is 6.54 Å². The Kier molecular flexibility index (Phi) is 3.36. The molecule has 3 rings (SSSR count). The molecule has 2 unspecified atom stereocenters. The van der Waals surface area contributed by atoms with Gasteiger partial charge in [-0.05, 0) is 37.0 Å². The lowest BCUT2D eigenvalue weighted by molar-refractivity contribution is 0.0757. The van der Waals surface area contributed by atoms with Crippen LogP contribution in [-0.2, 0) is 18.4 Å². The van der Waals surface area contributed by atoms with Crippen molar-refractivity contribution in [2.45, 2.75) is 37.8 Å². The summed E-state index contributed by atoms with van der Waals surface area (Å²) in [4.78, 5) is 0. The smallest absolute Gasteiger partial charge is 0.106 e. The van der Waals surface area contributed by atoms with Crippen LogP contribution in [0.5, 0.6) is 0 Å². The standard InChI is InChI=1S/C16H21N3O/c1-2-19-14(8-10-18-19)15(20)16(11-17)9-7-12-5-3-4-6-13(12)16/h3-6,8,10,15,20H,2,7,9,11,17H2,1H3. The maximum absolute atomic E-state index is 11.0. The molecule has 0 fully saturated rings. The summed E-state index contributed by atoms with van der Waals surface area (Å²) in [7, 11) is 0. The molecule has 1 heterocycles. The van der Waals surface area contributed by atoms with Gasteiger partial charge in [0.25, 0.3) is 0 Å². The summed E-state index contributed by atoms with van der Waals surface area (Å²) >= 11 is 0. The molecule has 0 saturated heterocycles. The van der Waals surface area contributed by atoms with E-state index in [0.717, 1.165) is 25.1 Å². The maximum Gasteiger partial charge on any atom is 0.106 e. The first-order valence-electron chi connectivity index (χ1n) is 7.21. The van der Waals surface area contributed by atoms with Crippen LogP contribution >= 0.6 is 0 Å². The molecule has 4 nitrogen and oxygen atoms in total. The zero-order chi connectivity index (χ0) is 14.2. The van der Waals surface area contributed by atoms with Gasteiger partial charge in [-0.15, -0.1) is 0 Å². The Balaban J connectivity index is 2.07. The summed E-state index contributed by atoms with van der Waals surface area (Å²) < 4.78 is 1.85. The number of fused-ring (bicyclic) bond motifs is 1. The number of benzene rings is 1. The molecule has 2 atom stereocenters. The molecule has 2 aromatic rings. The monoisotopic (exact) mass is 271 g/mol. The van der Waals surface area contributed by atoms with Crippen molar-refractivity contribution >= 4 is 0 Å². The first kappa shape index (κ1) is 13.3. The third-order valence-electron chi connectivity index (χ3n) is 4.61. The van der Waals surface area contributed by atoms with Crippen LogP contribution in [0.25, 0.3) is 0 Å². The predicted octanol–water partition coefficient (Wildman–Crippen LogP) is 1.78.